The zero-order chi connectivity index (χ0) is 24.8. The van der Waals surface area contributed by atoms with E-state index in [9.17, 15) is 18.7 Å². The van der Waals surface area contributed by atoms with Crippen LogP contribution in [-0.4, -0.2) is 54.1 Å². The van der Waals surface area contributed by atoms with E-state index in [-0.39, 0.29) is 23.6 Å². The van der Waals surface area contributed by atoms with Crippen LogP contribution in [0.4, 0.5) is 8.78 Å². The topological polar surface area (TPSA) is 106 Å². The zero-order valence-corrected chi connectivity index (χ0v) is 19.1. The van der Waals surface area contributed by atoms with Crippen molar-refractivity contribution in [1.29, 1.82) is 0 Å². The quantitative estimate of drug-likeness (QED) is 0.467. The lowest BCUT2D eigenvalue weighted by molar-refractivity contribution is -0.0505. The largest absolute Gasteiger partial charge is 0.434 e. The number of alkyl halides is 2. The molecule has 2 atom stereocenters. The van der Waals surface area contributed by atoms with Crippen LogP contribution in [0.3, 0.4) is 0 Å². The van der Waals surface area contributed by atoms with Crippen molar-refractivity contribution < 1.29 is 23.4 Å². The lowest BCUT2D eigenvalue weighted by atomic mass is 9.88. The second-order valence-electron chi connectivity index (χ2n) is 9.55. The first-order chi connectivity index (χ1) is 17.3. The third kappa shape index (κ3) is 2.98. The molecule has 7 rings (SSSR count). The molecular formula is C25H20F2N6O3. The van der Waals surface area contributed by atoms with Crippen LogP contribution in [0.25, 0.3) is 16.8 Å². The van der Waals surface area contributed by atoms with Gasteiger partial charge in [0.05, 0.1) is 22.9 Å². The minimum Gasteiger partial charge on any atom is -0.434 e. The Labute approximate surface area is 203 Å². The van der Waals surface area contributed by atoms with Crippen molar-refractivity contribution in [3.05, 3.63) is 71.2 Å². The highest BCUT2D eigenvalue weighted by Crippen LogP contribution is 2.53. The minimum atomic E-state index is -3.01. The van der Waals surface area contributed by atoms with Gasteiger partial charge >= 0.3 is 6.61 Å². The molecule has 2 unspecified atom stereocenters. The third-order valence-corrected chi connectivity index (χ3v) is 7.45. The number of benzene rings is 1. The Balaban J connectivity index is 1.39. The van der Waals surface area contributed by atoms with Crippen molar-refractivity contribution in [2.24, 2.45) is 0 Å². The van der Waals surface area contributed by atoms with Gasteiger partial charge in [0.2, 0.25) is 0 Å². The molecule has 1 amide bonds. The zero-order valence-electron chi connectivity index (χ0n) is 19.1. The standard InChI is InChI=1S/C25H20F2N6O3/c1-32-17-7-14(19-13(22(32)34)3-2-4-18(19)36-24(26)27)20-16-8-15(30-11-33(16)31-21(17)20)12-9-28-23(29-10-12)25(35)5-6-25/h2-4,8-11,14,17,24,35H,5-7H2,1H3. The van der Waals surface area contributed by atoms with Crippen LogP contribution in [0.5, 0.6) is 5.75 Å². The van der Waals surface area contributed by atoms with E-state index in [1.165, 1.54) is 6.07 Å². The molecule has 1 N–H and O–H groups in total. The average Bonchev–Trinajstić information content (AvgIpc) is 3.40. The Kier molecular flexibility index (Phi) is 4.30. The summed E-state index contributed by atoms with van der Waals surface area (Å²) in [6.07, 6.45) is 6.66. The van der Waals surface area contributed by atoms with Crippen molar-refractivity contribution >= 4 is 11.4 Å². The summed E-state index contributed by atoms with van der Waals surface area (Å²) in [5.74, 6) is -0.218. The fraction of sp³-hybridized carbons (Fsp3) is 0.320. The van der Waals surface area contributed by atoms with E-state index in [2.05, 4.69) is 15.0 Å². The number of aliphatic hydroxyl groups is 1. The molecule has 0 radical (unpaired) electrons. The number of rotatable bonds is 4. The Morgan fingerprint density at radius 1 is 1.17 bits per heavy atom. The van der Waals surface area contributed by atoms with E-state index in [0.29, 0.717) is 47.5 Å². The molecule has 3 aromatic heterocycles. The highest BCUT2D eigenvalue weighted by atomic mass is 19.3. The second kappa shape index (κ2) is 7.26. The maximum Gasteiger partial charge on any atom is 0.387 e. The molecule has 36 heavy (non-hydrogen) atoms. The second-order valence-corrected chi connectivity index (χ2v) is 9.55. The number of hydrogen-bond donors (Lipinski definition) is 1. The Hall–Kier alpha value is -3.99. The number of halogens is 2. The van der Waals surface area contributed by atoms with Gasteiger partial charge in [-0.15, -0.1) is 0 Å². The number of fused-ring (bicyclic) bond motifs is 9. The molecule has 2 bridgehead atoms. The molecular weight excluding hydrogens is 470 g/mol. The summed E-state index contributed by atoms with van der Waals surface area (Å²) in [4.78, 5) is 28.0. The van der Waals surface area contributed by atoms with Gasteiger partial charge in [-0.05, 0) is 37.5 Å². The van der Waals surface area contributed by atoms with Crippen LogP contribution < -0.4 is 4.74 Å². The number of ether oxygens (including phenoxy) is 1. The summed E-state index contributed by atoms with van der Waals surface area (Å²) in [5.41, 5.74) is 3.50. The number of aromatic nitrogens is 5. The number of carbonyl (C=O) groups is 1. The van der Waals surface area contributed by atoms with Crippen LogP contribution >= 0.6 is 0 Å². The van der Waals surface area contributed by atoms with E-state index >= 15 is 0 Å². The van der Waals surface area contributed by atoms with Gasteiger partial charge in [-0.1, -0.05) is 6.07 Å². The van der Waals surface area contributed by atoms with Crippen molar-refractivity contribution in [1.82, 2.24) is 29.5 Å². The molecule has 2 aliphatic carbocycles. The molecule has 4 aromatic rings. The van der Waals surface area contributed by atoms with E-state index < -0.39 is 12.2 Å². The van der Waals surface area contributed by atoms with Crippen LogP contribution in [0.1, 0.15) is 64.2 Å². The molecule has 1 aliphatic heterocycles. The van der Waals surface area contributed by atoms with E-state index in [4.69, 9.17) is 9.84 Å². The summed E-state index contributed by atoms with van der Waals surface area (Å²) < 4.78 is 33.1. The van der Waals surface area contributed by atoms with Crippen molar-refractivity contribution in [2.45, 2.75) is 43.4 Å². The Morgan fingerprint density at radius 3 is 2.67 bits per heavy atom. The summed E-state index contributed by atoms with van der Waals surface area (Å²) in [5, 5.41) is 15.0. The molecule has 1 fully saturated rings. The smallest absolute Gasteiger partial charge is 0.387 e. The van der Waals surface area contributed by atoms with Gasteiger partial charge in [0, 0.05) is 47.6 Å². The number of carbonyl (C=O) groups excluding carboxylic acids is 1. The molecule has 1 saturated carbocycles. The van der Waals surface area contributed by atoms with Gasteiger partial charge in [0.15, 0.2) is 5.82 Å². The average molecular weight is 490 g/mol. The van der Waals surface area contributed by atoms with Crippen LogP contribution in [0, 0.1) is 0 Å². The van der Waals surface area contributed by atoms with Gasteiger partial charge in [0.25, 0.3) is 5.91 Å². The minimum absolute atomic E-state index is 0.00150. The van der Waals surface area contributed by atoms with Crippen LogP contribution in [0.2, 0.25) is 0 Å². The van der Waals surface area contributed by atoms with Crippen LogP contribution in [0.15, 0.2) is 43.0 Å². The molecule has 0 saturated heterocycles. The molecule has 9 nitrogen and oxygen atoms in total. The summed E-state index contributed by atoms with van der Waals surface area (Å²) >= 11 is 0. The van der Waals surface area contributed by atoms with Gasteiger partial charge in [-0.3, -0.25) is 4.79 Å². The predicted molar refractivity (Wildman–Crippen MR) is 122 cm³/mol. The Morgan fingerprint density at radius 2 is 1.94 bits per heavy atom. The maximum atomic E-state index is 13.3. The molecule has 11 heteroatoms. The van der Waals surface area contributed by atoms with E-state index in [1.807, 2.05) is 6.07 Å². The van der Waals surface area contributed by atoms with E-state index in [1.54, 1.807) is 47.3 Å². The molecule has 182 valence electrons. The van der Waals surface area contributed by atoms with Gasteiger partial charge in [0.1, 0.15) is 17.7 Å². The maximum absolute atomic E-state index is 13.3. The summed E-state index contributed by atoms with van der Waals surface area (Å²) in [6.45, 7) is -3.01. The van der Waals surface area contributed by atoms with Crippen LogP contribution in [-0.2, 0) is 5.60 Å². The van der Waals surface area contributed by atoms with Crippen molar-refractivity contribution in [3.63, 3.8) is 0 Å². The molecule has 1 aromatic carbocycles. The number of hydrogen-bond acceptors (Lipinski definition) is 7. The predicted octanol–water partition coefficient (Wildman–Crippen LogP) is 3.43. The van der Waals surface area contributed by atoms with Crippen molar-refractivity contribution in [3.8, 4) is 17.0 Å². The summed E-state index contributed by atoms with van der Waals surface area (Å²) in [6, 6.07) is 6.24. The molecule has 0 spiro atoms. The monoisotopic (exact) mass is 490 g/mol. The van der Waals surface area contributed by atoms with Gasteiger partial charge in [-0.2, -0.15) is 13.9 Å². The summed E-state index contributed by atoms with van der Waals surface area (Å²) in [7, 11) is 1.70. The highest BCUT2D eigenvalue weighted by molar-refractivity contribution is 5.98. The van der Waals surface area contributed by atoms with Gasteiger partial charge < -0.3 is 14.7 Å². The first kappa shape index (κ1) is 21.3. The number of amides is 1. The lowest BCUT2D eigenvalue weighted by Gasteiger charge is -2.23. The number of nitrogens with zero attached hydrogens (tertiary/aromatic N) is 6. The highest BCUT2D eigenvalue weighted by Gasteiger charge is 2.46. The van der Waals surface area contributed by atoms with Gasteiger partial charge in [-0.25, -0.2) is 19.5 Å². The van der Waals surface area contributed by atoms with Crippen molar-refractivity contribution in [2.75, 3.05) is 7.05 Å². The fourth-order valence-electron chi connectivity index (χ4n) is 5.47. The third-order valence-electron chi connectivity index (χ3n) is 7.45. The first-order valence-corrected chi connectivity index (χ1v) is 11.6. The SMILES string of the molecule is CN1C(=O)c2cccc(OC(F)F)c2C2CC1c1nn3cnc(-c4cnc(C5(O)CC5)nc4)cc3c12. The van der Waals surface area contributed by atoms with E-state index in [0.717, 1.165) is 16.8 Å². The first-order valence-electron chi connectivity index (χ1n) is 11.6. The normalized spacial score (nSPS) is 21.5. The lowest BCUT2D eigenvalue weighted by Crippen LogP contribution is -2.30. The Bertz CT molecular complexity index is 1550. The molecule has 3 aliphatic rings. The molecule has 4 heterocycles. The fourth-order valence-corrected chi connectivity index (χ4v) is 5.47.